The molecule has 21 heavy (non-hydrogen) atoms. The maximum atomic E-state index is 12.0. The molecule has 0 spiro atoms. The summed E-state index contributed by atoms with van der Waals surface area (Å²) in [5.41, 5.74) is 5.40. The van der Waals surface area contributed by atoms with E-state index in [4.69, 9.17) is 5.73 Å². The average molecular weight is 298 g/mol. The zero-order valence-electron chi connectivity index (χ0n) is 13.4. The molecular formula is C15H30N4O2. The van der Waals surface area contributed by atoms with Crippen molar-refractivity contribution in [1.29, 1.82) is 0 Å². The largest absolute Gasteiger partial charge is 0.356 e. The first kappa shape index (κ1) is 17.8. The molecule has 1 heterocycles. The van der Waals surface area contributed by atoms with E-state index in [0.29, 0.717) is 38.5 Å². The summed E-state index contributed by atoms with van der Waals surface area (Å²) < 4.78 is 0. The van der Waals surface area contributed by atoms with Crippen LogP contribution in [-0.4, -0.2) is 49.6 Å². The van der Waals surface area contributed by atoms with Crippen LogP contribution in [0.25, 0.3) is 0 Å². The number of nitrogens with zero attached hydrogens (tertiary/aromatic N) is 1. The lowest BCUT2D eigenvalue weighted by atomic mass is 9.94. The van der Waals surface area contributed by atoms with Gasteiger partial charge in [0.05, 0.1) is 0 Å². The van der Waals surface area contributed by atoms with Gasteiger partial charge in [-0.3, -0.25) is 4.79 Å². The SMILES string of the molecule is CC(C)CNC(=O)N1CCCC(CC(=O)NCCCN)C1. The zero-order chi connectivity index (χ0) is 15.7. The number of nitrogens with one attached hydrogen (secondary N) is 2. The lowest BCUT2D eigenvalue weighted by Gasteiger charge is -2.32. The molecule has 0 aromatic rings. The summed E-state index contributed by atoms with van der Waals surface area (Å²) in [6.45, 7) is 7.53. The van der Waals surface area contributed by atoms with Crippen molar-refractivity contribution in [2.75, 3.05) is 32.7 Å². The van der Waals surface area contributed by atoms with E-state index in [-0.39, 0.29) is 17.9 Å². The third kappa shape index (κ3) is 7.32. The van der Waals surface area contributed by atoms with E-state index in [0.717, 1.165) is 25.8 Å². The van der Waals surface area contributed by atoms with Crippen LogP contribution >= 0.6 is 0 Å². The molecule has 1 atom stereocenters. The highest BCUT2D eigenvalue weighted by atomic mass is 16.2. The van der Waals surface area contributed by atoms with Crippen molar-refractivity contribution < 1.29 is 9.59 Å². The first-order valence-electron chi connectivity index (χ1n) is 8.02. The van der Waals surface area contributed by atoms with Gasteiger partial charge in [-0.2, -0.15) is 0 Å². The van der Waals surface area contributed by atoms with Crippen LogP contribution < -0.4 is 16.4 Å². The van der Waals surface area contributed by atoms with Gasteiger partial charge in [-0.15, -0.1) is 0 Å². The van der Waals surface area contributed by atoms with E-state index < -0.39 is 0 Å². The maximum absolute atomic E-state index is 12.0. The van der Waals surface area contributed by atoms with Gasteiger partial charge in [0.25, 0.3) is 0 Å². The number of carbonyl (C=O) groups is 2. The lowest BCUT2D eigenvalue weighted by Crippen LogP contribution is -2.47. The Morgan fingerprint density at radius 2 is 2.10 bits per heavy atom. The van der Waals surface area contributed by atoms with Gasteiger partial charge in [-0.25, -0.2) is 4.79 Å². The molecule has 6 heteroatoms. The standard InChI is InChI=1S/C15H30N4O2/c1-12(2)10-18-15(21)19-8-3-5-13(11-19)9-14(20)17-7-4-6-16/h12-13H,3-11,16H2,1-2H3,(H,17,20)(H,18,21). The van der Waals surface area contributed by atoms with E-state index in [2.05, 4.69) is 24.5 Å². The fourth-order valence-electron chi connectivity index (χ4n) is 2.48. The minimum Gasteiger partial charge on any atom is -0.356 e. The van der Waals surface area contributed by atoms with E-state index in [1.807, 2.05) is 4.90 Å². The normalized spacial score (nSPS) is 18.7. The van der Waals surface area contributed by atoms with Gasteiger partial charge in [-0.05, 0) is 37.6 Å². The third-order valence-electron chi connectivity index (χ3n) is 3.64. The second-order valence-electron chi connectivity index (χ2n) is 6.23. The number of carbonyl (C=O) groups excluding carboxylic acids is 2. The summed E-state index contributed by atoms with van der Waals surface area (Å²) in [5.74, 6) is 0.780. The molecule has 0 aromatic carbocycles. The highest BCUT2D eigenvalue weighted by Crippen LogP contribution is 2.19. The molecule has 0 bridgehead atoms. The molecular weight excluding hydrogens is 268 g/mol. The van der Waals surface area contributed by atoms with Crippen LogP contribution in [0.5, 0.6) is 0 Å². The molecule has 0 aromatic heterocycles. The second kappa shape index (κ2) is 9.60. The summed E-state index contributed by atoms with van der Waals surface area (Å²) >= 11 is 0. The molecule has 0 saturated carbocycles. The summed E-state index contributed by atoms with van der Waals surface area (Å²) in [6.07, 6.45) is 3.28. The Bertz CT molecular complexity index is 334. The molecule has 0 aliphatic carbocycles. The second-order valence-corrected chi connectivity index (χ2v) is 6.23. The van der Waals surface area contributed by atoms with E-state index in [1.54, 1.807) is 0 Å². The molecule has 1 rings (SSSR count). The van der Waals surface area contributed by atoms with Gasteiger partial charge in [0.2, 0.25) is 5.91 Å². The van der Waals surface area contributed by atoms with Gasteiger partial charge in [0.1, 0.15) is 0 Å². The van der Waals surface area contributed by atoms with E-state index >= 15 is 0 Å². The number of nitrogens with two attached hydrogens (primary N) is 1. The molecule has 1 fully saturated rings. The topological polar surface area (TPSA) is 87.5 Å². The summed E-state index contributed by atoms with van der Waals surface area (Å²) in [6, 6.07) is -0.00283. The third-order valence-corrected chi connectivity index (χ3v) is 3.64. The quantitative estimate of drug-likeness (QED) is 0.611. The van der Waals surface area contributed by atoms with E-state index in [1.165, 1.54) is 0 Å². The monoisotopic (exact) mass is 298 g/mol. The van der Waals surface area contributed by atoms with Crippen LogP contribution in [0.15, 0.2) is 0 Å². The van der Waals surface area contributed by atoms with Crippen LogP contribution in [0.4, 0.5) is 4.79 Å². The summed E-state index contributed by atoms with van der Waals surface area (Å²) in [5, 5.41) is 5.82. The summed E-state index contributed by atoms with van der Waals surface area (Å²) in [4.78, 5) is 25.7. The van der Waals surface area contributed by atoms with Gasteiger partial charge in [0, 0.05) is 32.6 Å². The predicted octanol–water partition coefficient (Wildman–Crippen LogP) is 0.919. The Morgan fingerprint density at radius 3 is 2.76 bits per heavy atom. The van der Waals surface area contributed by atoms with Crippen molar-refractivity contribution in [3.63, 3.8) is 0 Å². The number of likely N-dealkylation sites (tertiary alicyclic amines) is 1. The van der Waals surface area contributed by atoms with Crippen molar-refractivity contribution in [3.8, 4) is 0 Å². The Morgan fingerprint density at radius 1 is 1.33 bits per heavy atom. The van der Waals surface area contributed by atoms with Crippen molar-refractivity contribution >= 4 is 11.9 Å². The molecule has 1 saturated heterocycles. The lowest BCUT2D eigenvalue weighted by molar-refractivity contribution is -0.122. The molecule has 1 aliphatic heterocycles. The maximum Gasteiger partial charge on any atom is 0.317 e. The molecule has 122 valence electrons. The van der Waals surface area contributed by atoms with Crippen LogP contribution in [0.2, 0.25) is 0 Å². The van der Waals surface area contributed by atoms with Crippen molar-refractivity contribution in [2.45, 2.75) is 39.5 Å². The highest BCUT2D eigenvalue weighted by molar-refractivity contribution is 5.77. The number of hydrogen-bond acceptors (Lipinski definition) is 3. The van der Waals surface area contributed by atoms with Gasteiger partial charge in [0.15, 0.2) is 0 Å². The number of piperidine rings is 1. The molecule has 1 unspecified atom stereocenters. The minimum absolute atomic E-state index is 0.00283. The number of amides is 3. The van der Waals surface area contributed by atoms with Gasteiger partial charge >= 0.3 is 6.03 Å². The van der Waals surface area contributed by atoms with E-state index in [9.17, 15) is 9.59 Å². The van der Waals surface area contributed by atoms with Crippen LogP contribution in [0.1, 0.15) is 39.5 Å². The van der Waals surface area contributed by atoms with Crippen molar-refractivity contribution in [1.82, 2.24) is 15.5 Å². The molecule has 4 N–H and O–H groups in total. The molecule has 3 amide bonds. The predicted molar refractivity (Wildman–Crippen MR) is 83.8 cm³/mol. The number of rotatable bonds is 7. The zero-order valence-corrected chi connectivity index (χ0v) is 13.4. The van der Waals surface area contributed by atoms with Crippen LogP contribution in [0.3, 0.4) is 0 Å². The average Bonchev–Trinajstić information content (AvgIpc) is 2.45. The summed E-state index contributed by atoms with van der Waals surface area (Å²) in [7, 11) is 0. The first-order valence-corrected chi connectivity index (χ1v) is 8.02. The fourth-order valence-corrected chi connectivity index (χ4v) is 2.48. The van der Waals surface area contributed by atoms with Gasteiger partial charge < -0.3 is 21.3 Å². The highest BCUT2D eigenvalue weighted by Gasteiger charge is 2.25. The minimum atomic E-state index is -0.00283. The Kier molecular flexibility index (Phi) is 8.12. The van der Waals surface area contributed by atoms with Crippen LogP contribution in [0, 0.1) is 11.8 Å². The number of urea groups is 1. The molecule has 6 nitrogen and oxygen atoms in total. The Balaban J connectivity index is 2.31. The van der Waals surface area contributed by atoms with Gasteiger partial charge in [-0.1, -0.05) is 13.8 Å². The fraction of sp³-hybridized carbons (Fsp3) is 0.867. The Labute approximate surface area is 127 Å². The molecule has 0 radical (unpaired) electrons. The first-order chi connectivity index (χ1) is 10.0. The van der Waals surface area contributed by atoms with Crippen LogP contribution in [-0.2, 0) is 4.79 Å². The Hall–Kier alpha value is -1.30. The van der Waals surface area contributed by atoms with Crippen molar-refractivity contribution in [3.05, 3.63) is 0 Å². The molecule has 1 aliphatic rings. The van der Waals surface area contributed by atoms with Crippen molar-refractivity contribution in [2.24, 2.45) is 17.6 Å². The smallest absolute Gasteiger partial charge is 0.317 e. The number of hydrogen-bond donors (Lipinski definition) is 3.